The molecule has 2 aliphatic heterocycles. The minimum absolute atomic E-state index is 0.801. The van der Waals surface area contributed by atoms with Crippen LogP contribution >= 0.6 is 0 Å². The number of hydrogen-bond donors (Lipinski definition) is 1. The lowest BCUT2D eigenvalue weighted by molar-refractivity contribution is 0.331. The Morgan fingerprint density at radius 1 is 1.38 bits per heavy atom. The zero-order valence-electron chi connectivity index (χ0n) is 9.09. The summed E-state index contributed by atoms with van der Waals surface area (Å²) >= 11 is 0. The van der Waals surface area contributed by atoms with Gasteiger partial charge in [0, 0.05) is 19.1 Å². The summed E-state index contributed by atoms with van der Waals surface area (Å²) in [6.07, 6.45) is 1.36. The Kier molecular flexibility index (Phi) is 2.61. The molecule has 2 fully saturated rings. The number of nitrogens with one attached hydrogen (secondary N) is 1. The van der Waals surface area contributed by atoms with Gasteiger partial charge < -0.3 is 10.2 Å². The number of hydrogen-bond acceptors (Lipinski definition) is 2. The molecule has 0 bridgehead atoms. The molecule has 0 saturated carbocycles. The first-order valence-electron chi connectivity index (χ1n) is 5.58. The van der Waals surface area contributed by atoms with Gasteiger partial charge in [0.2, 0.25) is 0 Å². The van der Waals surface area contributed by atoms with Crippen LogP contribution in [-0.2, 0) is 0 Å². The molecular weight excluding hydrogens is 160 g/mol. The summed E-state index contributed by atoms with van der Waals surface area (Å²) in [5.41, 5.74) is 0. The molecule has 76 valence electrons. The highest BCUT2D eigenvalue weighted by atomic mass is 15.2. The van der Waals surface area contributed by atoms with Gasteiger partial charge in [-0.25, -0.2) is 0 Å². The smallest absolute Gasteiger partial charge is 0.0114 e. The Balaban J connectivity index is 1.93. The van der Waals surface area contributed by atoms with Gasteiger partial charge >= 0.3 is 0 Å². The molecule has 0 unspecified atom stereocenters. The molecule has 0 spiro atoms. The van der Waals surface area contributed by atoms with Gasteiger partial charge in [0.25, 0.3) is 0 Å². The molecule has 1 N–H and O–H groups in total. The molecule has 2 heterocycles. The van der Waals surface area contributed by atoms with E-state index >= 15 is 0 Å². The van der Waals surface area contributed by atoms with Crippen molar-refractivity contribution >= 4 is 0 Å². The van der Waals surface area contributed by atoms with E-state index in [9.17, 15) is 0 Å². The van der Waals surface area contributed by atoms with Crippen LogP contribution in [-0.4, -0.2) is 37.6 Å². The number of fused-ring (bicyclic) bond motifs is 1. The van der Waals surface area contributed by atoms with Crippen molar-refractivity contribution in [2.24, 2.45) is 17.8 Å². The Hall–Kier alpha value is -0.0800. The molecule has 2 nitrogen and oxygen atoms in total. The van der Waals surface area contributed by atoms with E-state index < -0.39 is 0 Å². The van der Waals surface area contributed by atoms with Crippen LogP contribution in [0.15, 0.2) is 0 Å². The lowest BCUT2D eigenvalue weighted by Crippen LogP contribution is -2.32. The summed E-state index contributed by atoms with van der Waals surface area (Å²) in [6.45, 7) is 8.54. The SMILES string of the molecule is CC(C)C[C@@H]1NC[C@@H]2CN(C)C[C@H]21. The van der Waals surface area contributed by atoms with Gasteiger partial charge in [-0.2, -0.15) is 0 Å². The Labute approximate surface area is 81.7 Å². The van der Waals surface area contributed by atoms with Crippen molar-refractivity contribution < 1.29 is 0 Å². The Bertz CT molecular complexity index is 179. The average molecular weight is 182 g/mol. The fourth-order valence-corrected chi connectivity index (χ4v) is 3.01. The second kappa shape index (κ2) is 3.58. The Morgan fingerprint density at radius 2 is 2.15 bits per heavy atom. The van der Waals surface area contributed by atoms with Crippen molar-refractivity contribution in [3.05, 3.63) is 0 Å². The van der Waals surface area contributed by atoms with Gasteiger partial charge in [0.15, 0.2) is 0 Å². The van der Waals surface area contributed by atoms with Gasteiger partial charge in [-0.05, 0) is 37.8 Å². The average Bonchev–Trinajstić information content (AvgIpc) is 2.51. The summed E-state index contributed by atoms with van der Waals surface area (Å²) in [7, 11) is 2.25. The van der Waals surface area contributed by atoms with Gasteiger partial charge in [0.05, 0.1) is 0 Å². The molecular formula is C11H22N2. The highest BCUT2D eigenvalue weighted by Gasteiger charge is 2.40. The van der Waals surface area contributed by atoms with Crippen LogP contribution in [0.25, 0.3) is 0 Å². The van der Waals surface area contributed by atoms with Crippen LogP contribution < -0.4 is 5.32 Å². The minimum Gasteiger partial charge on any atom is -0.313 e. The van der Waals surface area contributed by atoms with E-state index in [1.807, 2.05) is 0 Å². The zero-order valence-corrected chi connectivity index (χ0v) is 9.09. The molecule has 0 aromatic carbocycles. The van der Waals surface area contributed by atoms with Crippen molar-refractivity contribution in [2.45, 2.75) is 26.3 Å². The fourth-order valence-electron chi connectivity index (χ4n) is 3.01. The molecule has 3 atom stereocenters. The van der Waals surface area contributed by atoms with E-state index in [0.29, 0.717) is 0 Å². The highest BCUT2D eigenvalue weighted by molar-refractivity contribution is 4.97. The van der Waals surface area contributed by atoms with Gasteiger partial charge in [-0.1, -0.05) is 13.8 Å². The normalized spacial score (nSPS) is 40.2. The largest absolute Gasteiger partial charge is 0.313 e. The number of nitrogens with zero attached hydrogens (tertiary/aromatic N) is 1. The van der Waals surface area contributed by atoms with Crippen molar-refractivity contribution in [1.29, 1.82) is 0 Å². The summed E-state index contributed by atoms with van der Waals surface area (Å²) in [5.74, 6) is 2.71. The summed E-state index contributed by atoms with van der Waals surface area (Å²) < 4.78 is 0. The molecule has 2 rings (SSSR count). The van der Waals surface area contributed by atoms with Crippen LogP contribution in [0.4, 0.5) is 0 Å². The van der Waals surface area contributed by atoms with E-state index in [1.54, 1.807) is 0 Å². The van der Waals surface area contributed by atoms with E-state index in [0.717, 1.165) is 23.8 Å². The maximum Gasteiger partial charge on any atom is 0.0114 e. The summed E-state index contributed by atoms with van der Waals surface area (Å²) in [4.78, 5) is 2.49. The molecule has 0 aromatic rings. The predicted octanol–water partition coefficient (Wildman–Crippen LogP) is 1.18. The Morgan fingerprint density at radius 3 is 2.85 bits per heavy atom. The van der Waals surface area contributed by atoms with Crippen molar-refractivity contribution in [2.75, 3.05) is 26.7 Å². The molecule has 2 saturated heterocycles. The van der Waals surface area contributed by atoms with Crippen LogP contribution in [0, 0.1) is 17.8 Å². The quantitative estimate of drug-likeness (QED) is 0.690. The first-order valence-corrected chi connectivity index (χ1v) is 5.58. The predicted molar refractivity (Wildman–Crippen MR) is 55.7 cm³/mol. The first kappa shape index (κ1) is 9.47. The lowest BCUT2D eigenvalue weighted by atomic mass is 9.89. The van der Waals surface area contributed by atoms with Gasteiger partial charge in [-0.15, -0.1) is 0 Å². The van der Waals surface area contributed by atoms with Gasteiger partial charge in [-0.3, -0.25) is 0 Å². The second-order valence-corrected chi connectivity index (χ2v) is 5.29. The van der Waals surface area contributed by atoms with Crippen LogP contribution in [0.5, 0.6) is 0 Å². The molecule has 13 heavy (non-hydrogen) atoms. The van der Waals surface area contributed by atoms with E-state index in [-0.39, 0.29) is 0 Å². The number of rotatable bonds is 2. The summed E-state index contributed by atoms with van der Waals surface area (Å²) in [5, 5.41) is 3.68. The summed E-state index contributed by atoms with van der Waals surface area (Å²) in [6, 6.07) is 0.801. The number of likely N-dealkylation sites (tertiary alicyclic amines) is 1. The van der Waals surface area contributed by atoms with E-state index in [2.05, 4.69) is 31.1 Å². The third-order valence-electron chi connectivity index (χ3n) is 3.56. The maximum absolute atomic E-state index is 3.68. The van der Waals surface area contributed by atoms with E-state index in [4.69, 9.17) is 0 Å². The third kappa shape index (κ3) is 1.89. The van der Waals surface area contributed by atoms with Crippen LogP contribution in [0.2, 0.25) is 0 Å². The molecule has 0 radical (unpaired) electrons. The molecule has 2 aliphatic rings. The lowest BCUT2D eigenvalue weighted by Gasteiger charge is -2.20. The molecule has 2 heteroatoms. The molecule has 0 aromatic heterocycles. The zero-order chi connectivity index (χ0) is 9.42. The van der Waals surface area contributed by atoms with Crippen molar-refractivity contribution in [3.63, 3.8) is 0 Å². The molecule has 0 amide bonds. The molecule has 0 aliphatic carbocycles. The van der Waals surface area contributed by atoms with Crippen LogP contribution in [0.3, 0.4) is 0 Å². The van der Waals surface area contributed by atoms with Crippen LogP contribution in [0.1, 0.15) is 20.3 Å². The second-order valence-electron chi connectivity index (χ2n) is 5.29. The van der Waals surface area contributed by atoms with Gasteiger partial charge in [0.1, 0.15) is 0 Å². The van der Waals surface area contributed by atoms with Crippen molar-refractivity contribution in [3.8, 4) is 0 Å². The minimum atomic E-state index is 0.801. The van der Waals surface area contributed by atoms with Crippen molar-refractivity contribution in [1.82, 2.24) is 10.2 Å². The fraction of sp³-hybridized carbons (Fsp3) is 1.00. The standard InChI is InChI=1S/C11H22N2/c1-8(2)4-11-10-7-13(3)6-9(10)5-12-11/h8-12H,4-7H2,1-3H3/t9-,10-,11+/m1/s1. The first-order chi connectivity index (χ1) is 6.16. The topological polar surface area (TPSA) is 15.3 Å². The maximum atomic E-state index is 3.68. The highest BCUT2D eigenvalue weighted by Crippen LogP contribution is 2.32. The monoisotopic (exact) mass is 182 g/mol. The third-order valence-corrected chi connectivity index (χ3v) is 3.56. The van der Waals surface area contributed by atoms with E-state index in [1.165, 1.54) is 26.1 Å².